The molecule has 330 valence electrons. The second-order valence-corrected chi connectivity index (χ2v) is 21.7. The summed E-state index contributed by atoms with van der Waals surface area (Å²) in [7, 11) is 0. The fourth-order valence-corrected chi connectivity index (χ4v) is 14.8. The number of hydrogen-bond acceptors (Lipinski definition) is 0. The summed E-state index contributed by atoms with van der Waals surface area (Å²) in [5.74, 6) is 0.773. The van der Waals surface area contributed by atoms with Crippen LogP contribution >= 0.6 is 0 Å². The van der Waals surface area contributed by atoms with Crippen molar-refractivity contribution in [2.24, 2.45) is 0 Å². The van der Waals surface area contributed by atoms with Gasteiger partial charge in [-0.05, 0) is 221 Å². The van der Waals surface area contributed by atoms with E-state index in [0.29, 0.717) is 11.8 Å². The minimum Gasteiger partial charge on any atom is -0.0620 e. The summed E-state index contributed by atoms with van der Waals surface area (Å²) in [4.78, 5) is 0. The van der Waals surface area contributed by atoms with Crippen LogP contribution in [0.3, 0.4) is 0 Å². The lowest BCUT2D eigenvalue weighted by molar-refractivity contribution is 0.838. The monoisotopic (exact) mass is 898 g/mol. The van der Waals surface area contributed by atoms with Gasteiger partial charge in [0.05, 0.1) is 0 Å². The highest BCUT2D eigenvalue weighted by Crippen LogP contribution is 2.59. The van der Waals surface area contributed by atoms with E-state index in [9.17, 15) is 0 Å². The Labute approximate surface area is 410 Å². The highest BCUT2D eigenvalue weighted by atomic mass is 14.3. The van der Waals surface area contributed by atoms with Crippen molar-refractivity contribution in [2.45, 2.75) is 46.5 Å². The Morgan fingerprint density at radius 1 is 0.254 bits per heavy atom. The number of fused-ring (bicyclic) bond motifs is 16. The van der Waals surface area contributed by atoms with Crippen LogP contribution in [0.2, 0.25) is 0 Å². The molecular formula is C71H46. The minimum atomic E-state index is 0.387. The van der Waals surface area contributed by atoms with Gasteiger partial charge in [-0.15, -0.1) is 0 Å². The molecule has 0 heterocycles. The molecule has 0 atom stereocenters. The van der Waals surface area contributed by atoms with E-state index < -0.39 is 0 Å². The first-order valence-electron chi connectivity index (χ1n) is 25.7. The van der Waals surface area contributed by atoms with E-state index in [1.54, 1.807) is 0 Å². The average molecular weight is 899 g/mol. The van der Waals surface area contributed by atoms with Crippen molar-refractivity contribution in [3.8, 4) is 44.5 Å². The van der Waals surface area contributed by atoms with Gasteiger partial charge in [0.15, 0.2) is 0 Å². The van der Waals surface area contributed by atoms with Crippen LogP contribution in [0.4, 0.5) is 0 Å². The van der Waals surface area contributed by atoms with Gasteiger partial charge < -0.3 is 0 Å². The SMILES string of the molecule is Cc1ccccc1-c1c2cc3c4cccc5cccc(c54)c3c3c4ccc(-c5c(C(C)C)cccc5C(C)C)cc4c(c4c5ccc6c7ccc8c9c(ccc(c%10ccc(c14)c5c%106)c97)-c1ccccc1-8)c23. The van der Waals surface area contributed by atoms with Crippen LogP contribution in [0.25, 0.3) is 174 Å². The zero-order chi connectivity index (χ0) is 46.9. The van der Waals surface area contributed by atoms with Gasteiger partial charge in [0.1, 0.15) is 0 Å². The largest absolute Gasteiger partial charge is 0.0620 e. The maximum absolute atomic E-state index is 2.61. The van der Waals surface area contributed by atoms with Gasteiger partial charge in [0.2, 0.25) is 0 Å². The van der Waals surface area contributed by atoms with E-state index in [0.717, 1.165) is 0 Å². The predicted octanol–water partition coefficient (Wildman–Crippen LogP) is 20.8. The molecule has 16 aromatic rings. The van der Waals surface area contributed by atoms with Crippen LogP contribution in [-0.2, 0) is 0 Å². The van der Waals surface area contributed by atoms with Gasteiger partial charge in [0, 0.05) is 0 Å². The molecular weight excluding hydrogens is 853 g/mol. The smallest absolute Gasteiger partial charge is 0.000673 e. The zero-order valence-electron chi connectivity index (χ0n) is 40.4. The molecule has 16 aromatic carbocycles. The Bertz CT molecular complexity index is 4930. The van der Waals surface area contributed by atoms with Crippen LogP contribution in [0.1, 0.15) is 56.2 Å². The number of aryl methyl sites for hydroxylation is 1. The van der Waals surface area contributed by atoms with Crippen molar-refractivity contribution < 1.29 is 0 Å². The molecule has 0 aliphatic heterocycles. The van der Waals surface area contributed by atoms with Gasteiger partial charge in [-0.2, -0.15) is 0 Å². The molecule has 1 aliphatic carbocycles. The van der Waals surface area contributed by atoms with E-state index >= 15 is 0 Å². The van der Waals surface area contributed by atoms with Crippen LogP contribution < -0.4 is 0 Å². The fourth-order valence-electron chi connectivity index (χ4n) is 14.8. The minimum absolute atomic E-state index is 0.387. The third kappa shape index (κ3) is 4.51. The second-order valence-electron chi connectivity index (χ2n) is 21.7. The molecule has 0 amide bonds. The molecule has 0 aromatic heterocycles. The lowest BCUT2D eigenvalue weighted by Gasteiger charge is -2.20. The van der Waals surface area contributed by atoms with Gasteiger partial charge in [-0.3, -0.25) is 0 Å². The van der Waals surface area contributed by atoms with Crippen molar-refractivity contribution in [3.05, 3.63) is 193 Å². The molecule has 0 N–H and O–H groups in total. The molecule has 0 bridgehead atoms. The summed E-state index contributed by atoms with van der Waals surface area (Å²) in [6.07, 6.45) is 0. The summed E-state index contributed by atoms with van der Waals surface area (Å²) in [6.45, 7) is 11.7. The maximum Gasteiger partial charge on any atom is -0.000673 e. The molecule has 1 aliphatic rings. The molecule has 0 nitrogen and oxygen atoms in total. The molecule has 0 spiro atoms. The van der Waals surface area contributed by atoms with Crippen molar-refractivity contribution in [2.75, 3.05) is 0 Å². The average Bonchev–Trinajstić information content (AvgIpc) is 4.13. The van der Waals surface area contributed by atoms with Crippen molar-refractivity contribution in [3.63, 3.8) is 0 Å². The Morgan fingerprint density at radius 3 is 1.35 bits per heavy atom. The van der Waals surface area contributed by atoms with Crippen molar-refractivity contribution in [1.29, 1.82) is 0 Å². The summed E-state index contributed by atoms with van der Waals surface area (Å²) in [5.41, 5.74) is 14.9. The molecule has 17 rings (SSSR count). The lowest BCUT2D eigenvalue weighted by atomic mass is 9.84. The van der Waals surface area contributed by atoms with Crippen molar-refractivity contribution in [1.82, 2.24) is 0 Å². The molecule has 0 heteroatoms. The van der Waals surface area contributed by atoms with E-state index in [1.807, 2.05) is 0 Å². The number of benzene rings is 13. The third-order valence-corrected chi connectivity index (χ3v) is 17.6. The molecule has 0 saturated carbocycles. The van der Waals surface area contributed by atoms with Gasteiger partial charge in [0.25, 0.3) is 0 Å². The first-order chi connectivity index (χ1) is 34.9. The third-order valence-electron chi connectivity index (χ3n) is 17.6. The fraction of sp³-hybridized carbons (Fsp3) is 0.0986. The van der Waals surface area contributed by atoms with Crippen LogP contribution in [0.15, 0.2) is 176 Å². The van der Waals surface area contributed by atoms with Crippen LogP contribution in [0.5, 0.6) is 0 Å². The van der Waals surface area contributed by atoms with Crippen LogP contribution in [0, 0.1) is 6.92 Å². The highest BCUT2D eigenvalue weighted by Gasteiger charge is 2.31. The Hall–Kier alpha value is -8.32. The van der Waals surface area contributed by atoms with Crippen molar-refractivity contribution >= 4 is 129 Å². The van der Waals surface area contributed by atoms with Crippen LogP contribution in [-0.4, -0.2) is 0 Å². The summed E-state index contributed by atoms with van der Waals surface area (Å²) in [6, 6.07) is 68.8. The topological polar surface area (TPSA) is 0 Å². The van der Waals surface area contributed by atoms with E-state index in [-0.39, 0.29) is 0 Å². The predicted molar refractivity (Wildman–Crippen MR) is 309 cm³/mol. The standard InChI is InChI=1S/C71H46/c1-35(2)40-19-12-20-41(36(3)4)60(40)39-23-24-52-56(33-39)70-69-55-32-30-51-49-28-26-47-44-18-9-8-17-43(44)46-25-27-48(63(49)62(46)47)50-29-31-54(65(55)64(50)51)68(69)61(42-16-7-6-13-37(42)5)58-34-57-45-21-10-14-38-15-11-22-53(59(38)45)66(57)67(52)71(58)70/h6-36H,1-5H3. The number of rotatable bonds is 4. The summed E-state index contributed by atoms with van der Waals surface area (Å²) in [5, 5.41) is 32.7. The lowest BCUT2D eigenvalue weighted by Crippen LogP contribution is -1.99. The first kappa shape index (κ1) is 38.5. The number of hydrogen-bond donors (Lipinski definition) is 0. The van der Waals surface area contributed by atoms with E-state index in [4.69, 9.17) is 0 Å². The molecule has 0 fully saturated rings. The van der Waals surface area contributed by atoms with E-state index in [2.05, 4.69) is 211 Å². The first-order valence-corrected chi connectivity index (χ1v) is 25.7. The normalized spacial score (nSPS) is 13.1. The molecule has 0 radical (unpaired) electrons. The highest BCUT2D eigenvalue weighted by molar-refractivity contribution is 6.54. The zero-order valence-corrected chi connectivity index (χ0v) is 40.4. The second kappa shape index (κ2) is 13.1. The maximum atomic E-state index is 2.61. The summed E-state index contributed by atoms with van der Waals surface area (Å²) < 4.78 is 0. The Balaban J connectivity index is 1.13. The molecule has 71 heavy (non-hydrogen) atoms. The quantitative estimate of drug-likeness (QED) is 0.122. The van der Waals surface area contributed by atoms with Gasteiger partial charge in [-0.1, -0.05) is 191 Å². The van der Waals surface area contributed by atoms with Gasteiger partial charge >= 0.3 is 0 Å². The molecule has 0 unspecified atom stereocenters. The molecule has 0 saturated heterocycles. The summed E-state index contributed by atoms with van der Waals surface area (Å²) >= 11 is 0. The Kier molecular flexibility index (Phi) is 7.11. The van der Waals surface area contributed by atoms with E-state index in [1.165, 1.54) is 190 Å². The Morgan fingerprint density at radius 2 is 0.690 bits per heavy atom. The van der Waals surface area contributed by atoms with Gasteiger partial charge in [-0.25, -0.2) is 0 Å².